The molecular formula is C16H23BrN4O4. The standard InChI is InChI=1S/C16H23BrN4O4/c17-12-7-18-16(19-8-12)21-9-13(10-21)20-25-6-4-14(22)11-24-15-3-1-2-5-23-15/h7-8,14-15,22H,1-6,9-11H2. The Morgan fingerprint density at radius 1 is 1.36 bits per heavy atom. The van der Waals surface area contributed by atoms with Crippen LogP contribution in [0.4, 0.5) is 5.95 Å². The quantitative estimate of drug-likeness (QED) is 0.511. The van der Waals surface area contributed by atoms with Gasteiger partial charge < -0.3 is 24.3 Å². The minimum atomic E-state index is -0.570. The zero-order chi connectivity index (χ0) is 17.5. The number of halogens is 1. The van der Waals surface area contributed by atoms with E-state index < -0.39 is 6.10 Å². The van der Waals surface area contributed by atoms with E-state index in [0.29, 0.717) is 32.1 Å². The molecular weight excluding hydrogens is 392 g/mol. The normalized spacial score (nSPS) is 21.6. The molecule has 3 rings (SSSR count). The molecule has 0 spiro atoms. The summed E-state index contributed by atoms with van der Waals surface area (Å²) in [6.45, 7) is 2.68. The Labute approximate surface area is 155 Å². The lowest BCUT2D eigenvalue weighted by atomic mass is 10.2. The number of ether oxygens (including phenoxy) is 2. The lowest BCUT2D eigenvalue weighted by Gasteiger charge is -2.31. The number of hydrogen-bond acceptors (Lipinski definition) is 8. The van der Waals surface area contributed by atoms with E-state index in [1.54, 1.807) is 12.4 Å². The molecule has 2 aliphatic rings. The van der Waals surface area contributed by atoms with Gasteiger partial charge in [-0.15, -0.1) is 0 Å². The van der Waals surface area contributed by atoms with Crippen molar-refractivity contribution in [1.82, 2.24) is 9.97 Å². The van der Waals surface area contributed by atoms with Crippen LogP contribution in [-0.4, -0.2) is 66.1 Å². The first kappa shape index (κ1) is 18.5. The Kier molecular flexibility index (Phi) is 6.97. The van der Waals surface area contributed by atoms with Crippen molar-refractivity contribution in [3.8, 4) is 0 Å². The Morgan fingerprint density at radius 2 is 2.16 bits per heavy atom. The fraction of sp³-hybridized carbons (Fsp3) is 0.688. The number of nitrogens with zero attached hydrogens (tertiary/aromatic N) is 4. The maximum Gasteiger partial charge on any atom is 0.226 e. The summed E-state index contributed by atoms with van der Waals surface area (Å²) in [7, 11) is 0. The van der Waals surface area contributed by atoms with Gasteiger partial charge in [-0.3, -0.25) is 0 Å². The van der Waals surface area contributed by atoms with E-state index >= 15 is 0 Å². The van der Waals surface area contributed by atoms with E-state index in [1.807, 2.05) is 4.90 Å². The zero-order valence-electron chi connectivity index (χ0n) is 14.0. The van der Waals surface area contributed by atoms with Crippen LogP contribution >= 0.6 is 15.9 Å². The van der Waals surface area contributed by atoms with Crippen LogP contribution in [0.25, 0.3) is 0 Å². The molecule has 2 atom stereocenters. The van der Waals surface area contributed by atoms with Crippen molar-refractivity contribution >= 4 is 27.6 Å². The van der Waals surface area contributed by atoms with Gasteiger partial charge in [0.2, 0.25) is 5.95 Å². The largest absolute Gasteiger partial charge is 0.396 e. The summed E-state index contributed by atoms with van der Waals surface area (Å²) >= 11 is 3.31. The SMILES string of the molecule is OC(CCON=C1CN(c2ncc(Br)cn2)C1)COC1CCCCO1. The number of oxime groups is 1. The van der Waals surface area contributed by atoms with Gasteiger partial charge in [0, 0.05) is 25.4 Å². The van der Waals surface area contributed by atoms with Gasteiger partial charge in [0.05, 0.1) is 36.0 Å². The Bertz CT molecular complexity index is 558. The van der Waals surface area contributed by atoms with Crippen molar-refractivity contribution in [2.24, 2.45) is 5.16 Å². The van der Waals surface area contributed by atoms with Gasteiger partial charge in [-0.05, 0) is 35.2 Å². The minimum absolute atomic E-state index is 0.175. The molecule has 1 aromatic heterocycles. The predicted molar refractivity (Wildman–Crippen MR) is 95.5 cm³/mol. The highest BCUT2D eigenvalue weighted by molar-refractivity contribution is 9.10. The molecule has 0 bridgehead atoms. The first-order valence-electron chi connectivity index (χ1n) is 8.52. The number of aromatic nitrogens is 2. The van der Waals surface area contributed by atoms with Crippen molar-refractivity contribution in [3.05, 3.63) is 16.9 Å². The van der Waals surface area contributed by atoms with Gasteiger partial charge in [0.1, 0.15) is 6.61 Å². The van der Waals surface area contributed by atoms with Crippen LogP contribution < -0.4 is 4.90 Å². The van der Waals surface area contributed by atoms with Gasteiger partial charge in [-0.1, -0.05) is 5.16 Å². The summed E-state index contributed by atoms with van der Waals surface area (Å²) in [5.41, 5.74) is 0.938. The lowest BCUT2D eigenvalue weighted by molar-refractivity contribution is -0.176. The molecule has 0 amide bonds. The smallest absolute Gasteiger partial charge is 0.226 e. The molecule has 0 aliphatic carbocycles. The highest BCUT2D eigenvalue weighted by Gasteiger charge is 2.25. The van der Waals surface area contributed by atoms with Crippen LogP contribution in [0.3, 0.4) is 0 Å². The third kappa shape index (κ3) is 5.88. The molecule has 3 heterocycles. The van der Waals surface area contributed by atoms with Crippen molar-refractivity contribution < 1.29 is 19.4 Å². The fourth-order valence-electron chi connectivity index (χ4n) is 2.53. The highest BCUT2D eigenvalue weighted by atomic mass is 79.9. The highest BCUT2D eigenvalue weighted by Crippen LogP contribution is 2.16. The van der Waals surface area contributed by atoms with Crippen molar-refractivity contribution in [3.63, 3.8) is 0 Å². The number of anilines is 1. The molecule has 9 heteroatoms. The van der Waals surface area contributed by atoms with Crippen LogP contribution in [0.1, 0.15) is 25.7 Å². The maximum absolute atomic E-state index is 9.89. The Balaban J connectivity index is 1.26. The van der Waals surface area contributed by atoms with E-state index in [2.05, 4.69) is 31.1 Å². The zero-order valence-corrected chi connectivity index (χ0v) is 15.6. The third-order valence-electron chi connectivity index (χ3n) is 3.98. The average molecular weight is 415 g/mol. The molecule has 2 fully saturated rings. The molecule has 8 nitrogen and oxygen atoms in total. The van der Waals surface area contributed by atoms with Crippen LogP contribution in [0.5, 0.6) is 0 Å². The van der Waals surface area contributed by atoms with Crippen molar-refractivity contribution in [2.75, 3.05) is 37.8 Å². The molecule has 0 aromatic carbocycles. The first-order valence-corrected chi connectivity index (χ1v) is 9.31. The van der Waals surface area contributed by atoms with Crippen molar-refractivity contribution in [2.45, 2.75) is 38.1 Å². The second-order valence-electron chi connectivity index (χ2n) is 6.12. The summed E-state index contributed by atoms with van der Waals surface area (Å²) in [5, 5.41) is 14.0. The molecule has 2 saturated heterocycles. The number of aliphatic hydroxyl groups excluding tert-OH is 1. The summed E-state index contributed by atoms with van der Waals surface area (Å²) in [4.78, 5) is 15.7. The van der Waals surface area contributed by atoms with Crippen LogP contribution in [0.2, 0.25) is 0 Å². The third-order valence-corrected chi connectivity index (χ3v) is 4.39. The van der Waals surface area contributed by atoms with E-state index in [0.717, 1.165) is 36.1 Å². The fourth-order valence-corrected chi connectivity index (χ4v) is 2.74. The Morgan fingerprint density at radius 3 is 2.88 bits per heavy atom. The van der Waals surface area contributed by atoms with E-state index in [9.17, 15) is 5.11 Å². The van der Waals surface area contributed by atoms with Crippen LogP contribution in [0.15, 0.2) is 22.0 Å². The molecule has 2 unspecified atom stereocenters. The summed E-state index contributed by atoms with van der Waals surface area (Å²) < 4.78 is 11.8. The number of aliphatic hydroxyl groups is 1. The lowest BCUT2D eigenvalue weighted by Crippen LogP contribution is -2.48. The molecule has 1 aromatic rings. The second-order valence-corrected chi connectivity index (χ2v) is 7.04. The van der Waals surface area contributed by atoms with Crippen LogP contribution in [-0.2, 0) is 14.3 Å². The number of hydrogen-bond donors (Lipinski definition) is 1. The maximum atomic E-state index is 9.89. The van der Waals surface area contributed by atoms with Gasteiger partial charge in [-0.25, -0.2) is 9.97 Å². The van der Waals surface area contributed by atoms with E-state index in [4.69, 9.17) is 14.3 Å². The average Bonchev–Trinajstić information content (AvgIpc) is 2.60. The predicted octanol–water partition coefficient (Wildman–Crippen LogP) is 1.73. The van der Waals surface area contributed by atoms with E-state index in [1.165, 1.54) is 0 Å². The van der Waals surface area contributed by atoms with Gasteiger partial charge in [-0.2, -0.15) is 0 Å². The second kappa shape index (κ2) is 9.42. The van der Waals surface area contributed by atoms with E-state index in [-0.39, 0.29) is 12.9 Å². The van der Waals surface area contributed by atoms with Gasteiger partial charge >= 0.3 is 0 Å². The first-order chi connectivity index (χ1) is 12.2. The molecule has 25 heavy (non-hydrogen) atoms. The molecule has 1 N–H and O–H groups in total. The Hall–Kier alpha value is -1.29. The summed E-state index contributed by atoms with van der Waals surface area (Å²) in [5.74, 6) is 0.680. The van der Waals surface area contributed by atoms with Crippen LogP contribution in [0, 0.1) is 0 Å². The summed E-state index contributed by atoms with van der Waals surface area (Å²) in [6.07, 6.45) is 6.27. The molecule has 138 valence electrons. The number of rotatable bonds is 8. The van der Waals surface area contributed by atoms with Gasteiger partial charge in [0.25, 0.3) is 0 Å². The minimum Gasteiger partial charge on any atom is -0.396 e. The molecule has 0 saturated carbocycles. The molecule has 0 radical (unpaired) electrons. The van der Waals surface area contributed by atoms with Crippen molar-refractivity contribution in [1.29, 1.82) is 0 Å². The summed E-state index contributed by atoms with van der Waals surface area (Å²) in [6, 6.07) is 0. The monoisotopic (exact) mass is 414 g/mol. The molecule has 2 aliphatic heterocycles. The van der Waals surface area contributed by atoms with Gasteiger partial charge in [0.15, 0.2) is 6.29 Å². The topological polar surface area (TPSA) is 89.3 Å².